The van der Waals surface area contributed by atoms with E-state index in [1.807, 2.05) is 43.3 Å². The van der Waals surface area contributed by atoms with Crippen molar-refractivity contribution in [1.29, 1.82) is 0 Å². The average Bonchev–Trinajstić information content (AvgIpc) is 3.24. The number of aliphatic carboxylic acids is 1. The number of hydrogen-bond donors (Lipinski definition) is 1. The van der Waals surface area contributed by atoms with Crippen LogP contribution in [0.15, 0.2) is 60.7 Å². The van der Waals surface area contributed by atoms with Gasteiger partial charge in [-0.3, -0.25) is 4.79 Å². The van der Waals surface area contributed by atoms with Crippen LogP contribution >= 0.6 is 0 Å². The van der Waals surface area contributed by atoms with Gasteiger partial charge in [-0.25, -0.2) is 4.79 Å². The molecule has 1 fully saturated rings. The minimum atomic E-state index is -1.09. The molecule has 1 amide bonds. The van der Waals surface area contributed by atoms with Crippen molar-refractivity contribution in [3.05, 3.63) is 71.8 Å². The zero-order valence-electron chi connectivity index (χ0n) is 13.0. The Morgan fingerprint density at radius 1 is 1.04 bits per heavy atom. The zero-order chi connectivity index (χ0) is 16.4. The van der Waals surface area contributed by atoms with Crippen LogP contribution < -0.4 is 0 Å². The fraction of sp³-hybridized carbons (Fsp3) is 0.263. The average molecular weight is 309 g/mol. The Kier molecular flexibility index (Phi) is 3.90. The Hall–Kier alpha value is -2.62. The zero-order valence-corrected chi connectivity index (χ0v) is 13.0. The molecule has 0 unspecified atom stereocenters. The summed E-state index contributed by atoms with van der Waals surface area (Å²) in [7, 11) is 0. The highest BCUT2D eigenvalue weighted by Gasteiger charge is 2.69. The Morgan fingerprint density at radius 3 is 2.13 bits per heavy atom. The van der Waals surface area contributed by atoms with E-state index in [1.54, 1.807) is 24.3 Å². The number of carboxylic acid groups (broad SMARTS) is 1. The molecule has 23 heavy (non-hydrogen) atoms. The van der Waals surface area contributed by atoms with Crippen LogP contribution in [0.2, 0.25) is 0 Å². The molecule has 118 valence electrons. The lowest BCUT2D eigenvalue weighted by Gasteiger charge is -2.10. The predicted octanol–water partition coefficient (Wildman–Crippen LogP) is 2.99. The van der Waals surface area contributed by atoms with Gasteiger partial charge in [0.2, 0.25) is 0 Å². The normalized spacial score (nSPS) is 22.7. The molecule has 1 aliphatic heterocycles. The smallest absolute Gasteiger partial charge is 0.331 e. The summed E-state index contributed by atoms with van der Waals surface area (Å²) >= 11 is 0. The van der Waals surface area contributed by atoms with Gasteiger partial charge >= 0.3 is 5.97 Å². The highest BCUT2D eigenvalue weighted by Crippen LogP contribution is 2.47. The van der Waals surface area contributed by atoms with Gasteiger partial charge in [-0.1, -0.05) is 55.5 Å². The van der Waals surface area contributed by atoms with Crippen molar-refractivity contribution in [2.45, 2.75) is 31.3 Å². The van der Waals surface area contributed by atoms with E-state index in [9.17, 15) is 14.7 Å². The maximum atomic E-state index is 12.7. The number of carbonyl (C=O) groups is 2. The summed E-state index contributed by atoms with van der Waals surface area (Å²) in [6, 6.07) is 18.3. The SMILES string of the molecule is CC[C@]1(C(=O)O)[C@H](Cc2ccccc2)N1C(=O)c1ccccc1. The van der Waals surface area contributed by atoms with Gasteiger partial charge in [0.1, 0.15) is 0 Å². The maximum Gasteiger partial charge on any atom is 0.331 e. The number of nitrogens with zero attached hydrogens (tertiary/aromatic N) is 1. The lowest BCUT2D eigenvalue weighted by atomic mass is 9.97. The number of rotatable bonds is 5. The molecule has 0 aromatic heterocycles. The molecule has 0 bridgehead atoms. The standard InChI is InChI=1S/C19H19NO3/c1-2-19(18(22)23)16(13-14-9-5-3-6-10-14)20(19)17(21)15-11-7-4-8-12-15/h3-12,16H,2,13H2,1H3,(H,22,23)/t16-,19+,20?/m0/s1. The van der Waals surface area contributed by atoms with E-state index >= 15 is 0 Å². The number of hydrogen-bond acceptors (Lipinski definition) is 2. The summed E-state index contributed by atoms with van der Waals surface area (Å²) in [5, 5.41) is 9.72. The van der Waals surface area contributed by atoms with Crippen LogP contribution in [0.4, 0.5) is 0 Å². The highest BCUT2D eigenvalue weighted by atomic mass is 16.4. The first-order chi connectivity index (χ1) is 11.1. The van der Waals surface area contributed by atoms with Gasteiger partial charge in [-0.05, 0) is 30.5 Å². The molecule has 1 saturated heterocycles. The second-order valence-electron chi connectivity index (χ2n) is 5.83. The van der Waals surface area contributed by atoms with E-state index in [1.165, 1.54) is 4.90 Å². The second-order valence-corrected chi connectivity index (χ2v) is 5.83. The van der Waals surface area contributed by atoms with Crippen LogP contribution in [-0.4, -0.2) is 33.5 Å². The third kappa shape index (κ3) is 2.50. The quantitative estimate of drug-likeness (QED) is 0.864. The van der Waals surface area contributed by atoms with Crippen LogP contribution in [0.3, 0.4) is 0 Å². The van der Waals surface area contributed by atoms with Crippen molar-refractivity contribution in [3.63, 3.8) is 0 Å². The van der Waals surface area contributed by atoms with Crippen molar-refractivity contribution in [3.8, 4) is 0 Å². The summed E-state index contributed by atoms with van der Waals surface area (Å²) < 4.78 is 0. The largest absolute Gasteiger partial charge is 0.479 e. The third-order valence-corrected chi connectivity index (χ3v) is 4.65. The van der Waals surface area contributed by atoms with Gasteiger partial charge in [-0.15, -0.1) is 0 Å². The number of amides is 1. The maximum absolute atomic E-state index is 12.7. The van der Waals surface area contributed by atoms with E-state index in [-0.39, 0.29) is 11.9 Å². The van der Waals surface area contributed by atoms with E-state index in [4.69, 9.17) is 0 Å². The molecule has 1 heterocycles. The molecule has 0 radical (unpaired) electrons. The Morgan fingerprint density at radius 2 is 1.61 bits per heavy atom. The van der Waals surface area contributed by atoms with Crippen LogP contribution in [-0.2, 0) is 11.2 Å². The first-order valence-corrected chi connectivity index (χ1v) is 7.77. The molecular formula is C19H19NO3. The molecule has 1 aliphatic rings. The molecule has 2 atom stereocenters. The van der Waals surface area contributed by atoms with Crippen LogP contribution in [0.25, 0.3) is 0 Å². The molecule has 2 aromatic carbocycles. The molecule has 0 aliphatic carbocycles. The predicted molar refractivity (Wildman–Crippen MR) is 87.2 cm³/mol. The number of benzene rings is 2. The van der Waals surface area contributed by atoms with Crippen LogP contribution in [0.1, 0.15) is 29.3 Å². The lowest BCUT2D eigenvalue weighted by Crippen LogP contribution is -2.32. The second kappa shape index (κ2) is 5.88. The Balaban J connectivity index is 1.90. The summed E-state index contributed by atoms with van der Waals surface area (Å²) in [5.74, 6) is -1.14. The summed E-state index contributed by atoms with van der Waals surface area (Å²) in [4.78, 5) is 26.1. The molecule has 3 rings (SSSR count). The summed E-state index contributed by atoms with van der Waals surface area (Å²) in [6.45, 7) is 1.82. The summed E-state index contributed by atoms with van der Waals surface area (Å²) in [6.07, 6.45) is 0.956. The molecule has 4 heteroatoms. The topological polar surface area (TPSA) is 57.4 Å². The van der Waals surface area contributed by atoms with Crippen molar-refractivity contribution >= 4 is 11.9 Å². The molecule has 2 aromatic rings. The Bertz CT molecular complexity index is 714. The summed E-state index contributed by atoms with van der Waals surface area (Å²) in [5.41, 5.74) is 0.477. The number of carboxylic acids is 1. The highest BCUT2D eigenvalue weighted by molar-refractivity contribution is 6.02. The van der Waals surface area contributed by atoms with E-state index in [0.29, 0.717) is 18.4 Å². The van der Waals surface area contributed by atoms with Gasteiger partial charge < -0.3 is 10.0 Å². The fourth-order valence-electron chi connectivity index (χ4n) is 3.34. The lowest BCUT2D eigenvalue weighted by molar-refractivity contribution is -0.141. The van der Waals surface area contributed by atoms with Gasteiger partial charge in [0, 0.05) is 5.56 Å². The van der Waals surface area contributed by atoms with Crippen molar-refractivity contribution in [2.24, 2.45) is 0 Å². The van der Waals surface area contributed by atoms with Gasteiger partial charge in [0.05, 0.1) is 6.04 Å². The van der Waals surface area contributed by atoms with Crippen molar-refractivity contribution in [2.75, 3.05) is 0 Å². The van der Waals surface area contributed by atoms with Gasteiger partial charge in [0.25, 0.3) is 5.91 Å². The van der Waals surface area contributed by atoms with Gasteiger partial charge in [-0.2, -0.15) is 0 Å². The van der Waals surface area contributed by atoms with Crippen LogP contribution in [0, 0.1) is 0 Å². The molecule has 0 spiro atoms. The van der Waals surface area contributed by atoms with Crippen LogP contribution in [0.5, 0.6) is 0 Å². The first-order valence-electron chi connectivity index (χ1n) is 7.77. The van der Waals surface area contributed by atoms with E-state index < -0.39 is 11.5 Å². The van der Waals surface area contributed by atoms with E-state index in [2.05, 4.69) is 0 Å². The minimum absolute atomic E-state index is 0.212. The monoisotopic (exact) mass is 309 g/mol. The van der Waals surface area contributed by atoms with Crippen molar-refractivity contribution < 1.29 is 14.7 Å². The number of carbonyl (C=O) groups excluding carboxylic acids is 1. The fourth-order valence-corrected chi connectivity index (χ4v) is 3.34. The third-order valence-electron chi connectivity index (χ3n) is 4.65. The molecular weight excluding hydrogens is 290 g/mol. The minimum Gasteiger partial charge on any atom is -0.479 e. The van der Waals surface area contributed by atoms with E-state index in [0.717, 1.165) is 5.56 Å². The van der Waals surface area contributed by atoms with Gasteiger partial charge in [0.15, 0.2) is 5.54 Å². The molecule has 4 nitrogen and oxygen atoms in total. The first kappa shape index (κ1) is 15.3. The molecule has 0 saturated carbocycles. The van der Waals surface area contributed by atoms with Crippen molar-refractivity contribution in [1.82, 2.24) is 4.90 Å². The Labute approximate surface area is 135 Å². The molecule has 1 N–H and O–H groups in total.